The van der Waals surface area contributed by atoms with Gasteiger partial charge in [0.1, 0.15) is 0 Å². The fraction of sp³-hybridized carbons (Fsp3) is 0. The second-order valence-corrected chi connectivity index (χ2v) is 0. The minimum Gasteiger partial charge on any atom is 0 e. The van der Waals surface area contributed by atoms with Crippen LogP contribution in [0.4, 0.5) is 0 Å². The zero-order valence-corrected chi connectivity index (χ0v) is 7.93. The van der Waals surface area contributed by atoms with Crippen molar-refractivity contribution in [2.75, 3.05) is 0 Å². The summed E-state index contributed by atoms with van der Waals surface area (Å²) in [5.74, 6) is 0. The molecule has 0 aliphatic rings. The molecular formula is OPtRhZr. The summed E-state index contributed by atoms with van der Waals surface area (Å²) in [5, 5.41) is 0. The number of hydrogen-bond donors (Lipinski definition) is 0. The second-order valence-electron chi connectivity index (χ2n) is 0. The molecule has 0 atom stereocenters. The molecule has 29 valence electrons. The van der Waals surface area contributed by atoms with E-state index in [1.54, 1.807) is 0 Å². The molecule has 0 amide bonds. The average molecular weight is 405 g/mol. The Kier molecular flexibility index (Phi) is 83.5. The maximum Gasteiger partial charge on any atom is 0 e. The molecule has 0 bridgehead atoms. The van der Waals surface area contributed by atoms with Crippen molar-refractivity contribution in [2.24, 2.45) is 0 Å². The molecule has 0 aromatic carbocycles. The Morgan fingerprint density at radius 1 is 1.25 bits per heavy atom. The average Bonchev–Trinajstić information content (AvgIpc) is 1.00. The van der Waals surface area contributed by atoms with E-state index in [2.05, 4.69) is 0 Å². The first kappa shape index (κ1) is 16.7. The molecule has 0 aliphatic heterocycles. The summed E-state index contributed by atoms with van der Waals surface area (Å²) < 4.78 is 8.34. The van der Waals surface area contributed by atoms with Crippen molar-refractivity contribution < 1.29 is 68.1 Å². The van der Waals surface area contributed by atoms with Crippen LogP contribution in [0.1, 0.15) is 0 Å². The normalized spacial score (nSPS) is 0.750. The van der Waals surface area contributed by atoms with Gasteiger partial charge in [-0.2, -0.15) is 0 Å². The quantitative estimate of drug-likeness (QED) is 0.514. The topological polar surface area (TPSA) is 17.1 Å². The summed E-state index contributed by atoms with van der Waals surface area (Å²) >= 11 is 0.300. The third-order valence-electron chi connectivity index (χ3n) is 0. The Bertz CT molecular complexity index is 8.00. The van der Waals surface area contributed by atoms with E-state index < -0.39 is 0 Å². The second kappa shape index (κ2) is 20.0. The molecule has 0 spiro atoms. The van der Waals surface area contributed by atoms with Gasteiger partial charge in [0, 0.05) is 40.5 Å². The molecule has 0 aliphatic carbocycles. The smallest absolute Gasteiger partial charge is 0 e. The van der Waals surface area contributed by atoms with E-state index in [0.717, 1.165) is 0 Å². The minimum atomic E-state index is 0. The molecule has 4 heavy (non-hydrogen) atoms. The van der Waals surface area contributed by atoms with Gasteiger partial charge in [-0.3, -0.25) is 0 Å². The third-order valence-corrected chi connectivity index (χ3v) is 0. The molecule has 0 heterocycles. The van der Waals surface area contributed by atoms with E-state index in [0.29, 0.717) is 24.7 Å². The van der Waals surface area contributed by atoms with E-state index in [-0.39, 0.29) is 40.5 Å². The Hall–Kier alpha value is 1.99. The van der Waals surface area contributed by atoms with Gasteiger partial charge in [-0.15, -0.1) is 0 Å². The van der Waals surface area contributed by atoms with E-state index in [1.807, 2.05) is 0 Å². The van der Waals surface area contributed by atoms with Gasteiger partial charge < -0.3 is 0 Å². The largest absolute Gasteiger partial charge is 0 e. The third kappa shape index (κ3) is 9.00. The SMILES string of the molecule is [O]=[Zr].[Pt].[Rh]. The molecule has 0 saturated carbocycles. The minimum absolute atomic E-state index is 0. The maximum atomic E-state index is 8.34. The van der Waals surface area contributed by atoms with Gasteiger partial charge in [-0.1, -0.05) is 0 Å². The Morgan fingerprint density at radius 2 is 1.25 bits per heavy atom. The van der Waals surface area contributed by atoms with Crippen LogP contribution in [0.2, 0.25) is 0 Å². The summed E-state index contributed by atoms with van der Waals surface area (Å²) in [6.45, 7) is 0. The molecule has 1 radical (unpaired) electrons. The van der Waals surface area contributed by atoms with Crippen molar-refractivity contribution in [2.45, 2.75) is 0 Å². The number of hydrogen-bond acceptors (Lipinski definition) is 1. The molecule has 0 N–H and O–H groups in total. The zero-order valence-electron chi connectivity index (χ0n) is 1.56. The van der Waals surface area contributed by atoms with Crippen molar-refractivity contribution in [3.63, 3.8) is 0 Å². The van der Waals surface area contributed by atoms with Gasteiger partial charge in [0.05, 0.1) is 0 Å². The van der Waals surface area contributed by atoms with Crippen LogP contribution in [-0.4, -0.2) is 0 Å². The summed E-state index contributed by atoms with van der Waals surface area (Å²) in [6, 6.07) is 0. The molecule has 0 aromatic heterocycles. The van der Waals surface area contributed by atoms with Crippen LogP contribution < -0.4 is 0 Å². The Labute approximate surface area is 67.2 Å². The van der Waals surface area contributed by atoms with Gasteiger partial charge in [-0.05, 0) is 0 Å². The molecule has 0 unspecified atom stereocenters. The Morgan fingerprint density at radius 3 is 1.25 bits per heavy atom. The van der Waals surface area contributed by atoms with Crippen LogP contribution in [0.15, 0.2) is 0 Å². The zero-order chi connectivity index (χ0) is 2.00. The van der Waals surface area contributed by atoms with Crippen LogP contribution in [-0.2, 0) is 68.1 Å². The van der Waals surface area contributed by atoms with Crippen molar-refractivity contribution >= 4 is 0 Å². The first-order chi connectivity index (χ1) is 1.00. The van der Waals surface area contributed by atoms with Crippen molar-refractivity contribution in [3.05, 3.63) is 0 Å². The Balaban J connectivity index is -0.00000000500. The first-order valence-corrected chi connectivity index (χ1v) is 1.21. The molecule has 1 nitrogen and oxygen atoms in total. The predicted molar refractivity (Wildman–Crippen MR) is 0.686 cm³/mol. The van der Waals surface area contributed by atoms with Gasteiger partial charge in [0.2, 0.25) is 0 Å². The van der Waals surface area contributed by atoms with E-state index in [1.165, 1.54) is 0 Å². The molecular weight excluding hydrogens is 405 g/mol. The molecule has 4 heteroatoms. The monoisotopic (exact) mass is 404 g/mol. The van der Waals surface area contributed by atoms with Crippen LogP contribution in [0, 0.1) is 0 Å². The van der Waals surface area contributed by atoms with Crippen molar-refractivity contribution in [1.29, 1.82) is 0 Å². The standard InChI is InChI=1S/O.Pt.Rh.Zr. The van der Waals surface area contributed by atoms with Crippen molar-refractivity contribution in [1.82, 2.24) is 0 Å². The fourth-order valence-electron chi connectivity index (χ4n) is 0. The van der Waals surface area contributed by atoms with Gasteiger partial charge >= 0.3 is 27.5 Å². The molecule has 0 fully saturated rings. The maximum absolute atomic E-state index is 8.34. The summed E-state index contributed by atoms with van der Waals surface area (Å²) in [6.07, 6.45) is 0. The van der Waals surface area contributed by atoms with Crippen LogP contribution in [0.5, 0.6) is 0 Å². The summed E-state index contributed by atoms with van der Waals surface area (Å²) in [4.78, 5) is 0. The molecule has 0 saturated heterocycles. The van der Waals surface area contributed by atoms with Crippen LogP contribution >= 0.6 is 0 Å². The fourth-order valence-corrected chi connectivity index (χ4v) is 0. The van der Waals surface area contributed by atoms with Gasteiger partial charge in [0.15, 0.2) is 0 Å². The van der Waals surface area contributed by atoms with Crippen molar-refractivity contribution in [3.8, 4) is 0 Å². The van der Waals surface area contributed by atoms with E-state index in [9.17, 15) is 0 Å². The van der Waals surface area contributed by atoms with E-state index in [4.69, 9.17) is 2.81 Å². The van der Waals surface area contributed by atoms with Gasteiger partial charge in [0.25, 0.3) is 0 Å². The first-order valence-electron chi connectivity index (χ1n) is 0.204. The van der Waals surface area contributed by atoms with E-state index >= 15 is 0 Å². The van der Waals surface area contributed by atoms with Gasteiger partial charge in [-0.25, -0.2) is 0 Å². The summed E-state index contributed by atoms with van der Waals surface area (Å²) in [7, 11) is 0. The van der Waals surface area contributed by atoms with Crippen LogP contribution in [0.3, 0.4) is 0 Å². The van der Waals surface area contributed by atoms with Crippen LogP contribution in [0.25, 0.3) is 0 Å². The molecule has 0 rings (SSSR count). The predicted octanol–water partition coefficient (Wildman–Crippen LogP) is -0.126. The molecule has 0 aromatic rings. The number of rotatable bonds is 0. The summed E-state index contributed by atoms with van der Waals surface area (Å²) in [5.41, 5.74) is 0.